The Kier molecular flexibility index (Phi) is 3.76. The second-order valence-corrected chi connectivity index (χ2v) is 6.88. The van der Waals surface area contributed by atoms with E-state index in [2.05, 4.69) is 5.32 Å². The molecule has 1 spiro atoms. The minimum absolute atomic E-state index is 0.0215. The van der Waals surface area contributed by atoms with Gasteiger partial charge in [0.2, 0.25) is 0 Å². The Labute approximate surface area is 149 Å². The van der Waals surface area contributed by atoms with Crippen molar-refractivity contribution < 1.29 is 14.0 Å². The van der Waals surface area contributed by atoms with Gasteiger partial charge in [-0.2, -0.15) is 0 Å². The SMILES string of the molecule is O=C1NC2(CCCc3ccccc32)C(=O)N1Cc1ccc(F)cc1Cl. The number of hydrogen-bond acceptors (Lipinski definition) is 2. The van der Waals surface area contributed by atoms with Gasteiger partial charge in [0.05, 0.1) is 6.54 Å². The van der Waals surface area contributed by atoms with Crippen molar-refractivity contribution in [3.8, 4) is 0 Å². The Morgan fingerprint density at radius 1 is 1.20 bits per heavy atom. The third kappa shape index (κ3) is 2.50. The predicted molar refractivity (Wildman–Crippen MR) is 91.5 cm³/mol. The second kappa shape index (κ2) is 5.85. The average Bonchev–Trinajstić information content (AvgIpc) is 2.82. The molecule has 0 radical (unpaired) electrons. The number of nitrogens with one attached hydrogen (secondary N) is 1. The van der Waals surface area contributed by atoms with Crippen molar-refractivity contribution in [3.63, 3.8) is 0 Å². The molecule has 2 aromatic rings. The minimum Gasteiger partial charge on any atom is -0.319 e. The molecule has 1 heterocycles. The van der Waals surface area contributed by atoms with Crippen LogP contribution in [0.5, 0.6) is 0 Å². The lowest BCUT2D eigenvalue weighted by Crippen LogP contribution is -2.46. The molecule has 3 amide bonds. The van der Waals surface area contributed by atoms with Gasteiger partial charge >= 0.3 is 6.03 Å². The summed E-state index contributed by atoms with van der Waals surface area (Å²) >= 11 is 6.05. The zero-order valence-electron chi connectivity index (χ0n) is 13.4. The molecule has 25 heavy (non-hydrogen) atoms. The van der Waals surface area contributed by atoms with Crippen LogP contribution in [0.25, 0.3) is 0 Å². The van der Waals surface area contributed by atoms with E-state index in [4.69, 9.17) is 11.6 Å². The van der Waals surface area contributed by atoms with E-state index in [1.165, 1.54) is 23.1 Å². The Bertz CT molecular complexity index is 885. The lowest BCUT2D eigenvalue weighted by atomic mass is 9.76. The lowest BCUT2D eigenvalue weighted by molar-refractivity contribution is -0.132. The summed E-state index contributed by atoms with van der Waals surface area (Å²) in [6.07, 6.45) is 2.29. The van der Waals surface area contributed by atoms with Crippen LogP contribution in [-0.4, -0.2) is 16.8 Å². The van der Waals surface area contributed by atoms with Crippen LogP contribution in [0, 0.1) is 5.82 Å². The van der Waals surface area contributed by atoms with E-state index in [1.807, 2.05) is 24.3 Å². The number of imide groups is 1. The molecule has 0 saturated carbocycles. The fourth-order valence-corrected chi connectivity index (χ4v) is 4.00. The molecule has 0 bridgehead atoms. The van der Waals surface area contributed by atoms with Crippen molar-refractivity contribution in [2.45, 2.75) is 31.3 Å². The number of benzene rings is 2. The first kappa shape index (κ1) is 16.1. The number of carbonyl (C=O) groups is 2. The lowest BCUT2D eigenvalue weighted by Gasteiger charge is -2.33. The molecule has 128 valence electrons. The van der Waals surface area contributed by atoms with Crippen LogP contribution >= 0.6 is 11.6 Å². The Hall–Kier alpha value is -2.40. The molecule has 1 aliphatic heterocycles. The van der Waals surface area contributed by atoms with Crippen LogP contribution in [0.4, 0.5) is 9.18 Å². The topological polar surface area (TPSA) is 49.4 Å². The normalized spacial score (nSPS) is 22.2. The molecule has 1 N–H and O–H groups in total. The summed E-state index contributed by atoms with van der Waals surface area (Å²) in [7, 11) is 0. The van der Waals surface area contributed by atoms with Gasteiger partial charge in [-0.1, -0.05) is 41.9 Å². The van der Waals surface area contributed by atoms with E-state index in [9.17, 15) is 14.0 Å². The maximum Gasteiger partial charge on any atom is 0.325 e. The first-order valence-electron chi connectivity index (χ1n) is 8.18. The summed E-state index contributed by atoms with van der Waals surface area (Å²) in [5, 5.41) is 3.10. The predicted octanol–water partition coefficient (Wildman–Crippen LogP) is 3.76. The summed E-state index contributed by atoms with van der Waals surface area (Å²) in [4.78, 5) is 26.9. The third-order valence-electron chi connectivity index (χ3n) is 4.99. The molecule has 4 rings (SSSR count). The van der Waals surface area contributed by atoms with Crippen LogP contribution in [0.2, 0.25) is 5.02 Å². The van der Waals surface area contributed by atoms with Gasteiger partial charge in [0.1, 0.15) is 11.4 Å². The van der Waals surface area contributed by atoms with Gasteiger partial charge in [-0.15, -0.1) is 0 Å². The van der Waals surface area contributed by atoms with Gasteiger partial charge < -0.3 is 5.32 Å². The van der Waals surface area contributed by atoms with Crippen molar-refractivity contribution in [2.75, 3.05) is 0 Å². The van der Waals surface area contributed by atoms with E-state index < -0.39 is 17.4 Å². The molecular formula is C19H16ClFN2O2. The molecule has 0 aromatic heterocycles. The highest BCUT2D eigenvalue weighted by Gasteiger charge is 2.53. The van der Waals surface area contributed by atoms with Gasteiger partial charge in [-0.25, -0.2) is 9.18 Å². The van der Waals surface area contributed by atoms with Crippen molar-refractivity contribution in [1.82, 2.24) is 10.2 Å². The van der Waals surface area contributed by atoms with E-state index in [0.29, 0.717) is 12.0 Å². The molecule has 1 atom stereocenters. The molecule has 6 heteroatoms. The van der Waals surface area contributed by atoms with E-state index in [1.54, 1.807) is 0 Å². The highest BCUT2D eigenvalue weighted by atomic mass is 35.5. The average molecular weight is 359 g/mol. The molecule has 1 unspecified atom stereocenters. The number of nitrogens with zero attached hydrogens (tertiary/aromatic N) is 1. The number of aryl methyl sites for hydroxylation is 1. The summed E-state index contributed by atoms with van der Waals surface area (Å²) in [6.45, 7) is 0.0215. The summed E-state index contributed by atoms with van der Waals surface area (Å²) in [5.41, 5.74) is 1.49. The van der Waals surface area contributed by atoms with Gasteiger partial charge in [0.15, 0.2) is 0 Å². The Morgan fingerprint density at radius 3 is 2.80 bits per heavy atom. The van der Waals surface area contributed by atoms with Crippen molar-refractivity contribution in [3.05, 3.63) is 70.0 Å². The van der Waals surface area contributed by atoms with Crippen molar-refractivity contribution in [1.29, 1.82) is 0 Å². The summed E-state index contributed by atoms with van der Waals surface area (Å²) < 4.78 is 13.2. The molecule has 1 aliphatic carbocycles. The van der Waals surface area contributed by atoms with Gasteiger partial charge in [-0.05, 0) is 48.1 Å². The number of rotatable bonds is 2. The first-order chi connectivity index (χ1) is 12.0. The largest absolute Gasteiger partial charge is 0.325 e. The van der Waals surface area contributed by atoms with E-state index in [-0.39, 0.29) is 17.5 Å². The molecule has 2 aromatic carbocycles. The number of fused-ring (bicyclic) bond motifs is 2. The highest BCUT2D eigenvalue weighted by molar-refractivity contribution is 6.31. The Balaban J connectivity index is 1.70. The van der Waals surface area contributed by atoms with Gasteiger partial charge in [-0.3, -0.25) is 9.69 Å². The maximum absolute atomic E-state index is 13.2. The quantitative estimate of drug-likeness (QED) is 0.831. The molecule has 4 nitrogen and oxygen atoms in total. The second-order valence-electron chi connectivity index (χ2n) is 6.47. The first-order valence-corrected chi connectivity index (χ1v) is 8.55. The summed E-state index contributed by atoms with van der Waals surface area (Å²) in [6, 6.07) is 11.2. The van der Waals surface area contributed by atoms with Crippen molar-refractivity contribution >= 4 is 23.5 Å². The number of carbonyl (C=O) groups excluding carboxylic acids is 2. The monoisotopic (exact) mass is 358 g/mol. The smallest absolute Gasteiger partial charge is 0.319 e. The van der Waals surface area contributed by atoms with Gasteiger partial charge in [0, 0.05) is 5.02 Å². The van der Waals surface area contributed by atoms with Crippen LogP contribution in [0.3, 0.4) is 0 Å². The van der Waals surface area contributed by atoms with E-state index in [0.717, 1.165) is 24.0 Å². The Morgan fingerprint density at radius 2 is 2.00 bits per heavy atom. The fraction of sp³-hybridized carbons (Fsp3) is 0.263. The number of amides is 3. The fourth-order valence-electron chi connectivity index (χ4n) is 3.78. The van der Waals surface area contributed by atoms with E-state index >= 15 is 0 Å². The van der Waals surface area contributed by atoms with Crippen molar-refractivity contribution in [2.24, 2.45) is 0 Å². The standard InChI is InChI=1S/C19H16ClFN2O2/c20-16-10-14(21)8-7-13(16)11-23-17(24)19(22-18(23)25)9-3-5-12-4-1-2-6-15(12)19/h1-2,4,6-8,10H,3,5,9,11H2,(H,22,25). The van der Waals surface area contributed by atoms with Crippen LogP contribution in [0.1, 0.15) is 29.5 Å². The van der Waals surface area contributed by atoms with Crippen LogP contribution < -0.4 is 5.32 Å². The highest BCUT2D eigenvalue weighted by Crippen LogP contribution is 2.40. The molecule has 1 fully saturated rings. The van der Waals surface area contributed by atoms with Crippen LogP contribution in [0.15, 0.2) is 42.5 Å². The van der Waals surface area contributed by atoms with Crippen LogP contribution in [-0.2, 0) is 23.3 Å². The number of hydrogen-bond donors (Lipinski definition) is 1. The van der Waals surface area contributed by atoms with Gasteiger partial charge in [0.25, 0.3) is 5.91 Å². The minimum atomic E-state index is -1.00. The maximum atomic E-state index is 13.2. The summed E-state index contributed by atoms with van der Waals surface area (Å²) in [5.74, 6) is -0.728. The number of halogens is 2. The molecule has 1 saturated heterocycles. The molecule has 2 aliphatic rings. The molecular weight excluding hydrogens is 343 g/mol. The third-order valence-corrected chi connectivity index (χ3v) is 5.35. The zero-order chi connectivity index (χ0) is 17.6. The zero-order valence-corrected chi connectivity index (χ0v) is 14.1. The number of urea groups is 1.